The molecule has 0 rings (SSSR count). The van der Waals surface area contributed by atoms with E-state index in [1.54, 1.807) is 0 Å². The highest BCUT2D eigenvalue weighted by atomic mass is 16.3. The van der Waals surface area contributed by atoms with Crippen molar-refractivity contribution in [2.24, 2.45) is 5.92 Å². The lowest BCUT2D eigenvalue weighted by Crippen LogP contribution is -2.49. The molecule has 0 aliphatic carbocycles. The Kier molecular flexibility index (Phi) is 33.2. The van der Waals surface area contributed by atoms with Gasteiger partial charge < -0.3 is 5.11 Å². The van der Waals surface area contributed by atoms with Crippen LogP contribution in [0.15, 0.2) is 0 Å². The topological polar surface area (TPSA) is 23.5 Å². The van der Waals surface area contributed by atoms with E-state index in [4.69, 9.17) is 0 Å². The Balaban J connectivity index is 3.63. The molecule has 260 valence electrons. The summed E-state index contributed by atoms with van der Waals surface area (Å²) >= 11 is 0. The maximum atomic E-state index is 11.5. The van der Waals surface area contributed by atoms with Crippen LogP contribution in [-0.2, 0) is 0 Å². The van der Waals surface area contributed by atoms with Crippen LogP contribution in [0.2, 0.25) is 0 Å². The molecule has 2 heteroatoms. The maximum Gasteiger partial charge on any atom is 0.120 e. The van der Waals surface area contributed by atoms with Crippen molar-refractivity contribution in [1.82, 2.24) is 4.90 Å². The van der Waals surface area contributed by atoms with Crippen LogP contribution < -0.4 is 0 Å². The Morgan fingerprint density at radius 2 is 0.628 bits per heavy atom. The van der Waals surface area contributed by atoms with E-state index in [0.717, 1.165) is 19.3 Å². The normalized spacial score (nSPS) is 14.0. The molecule has 0 aromatic rings. The first-order valence-electron chi connectivity index (χ1n) is 20.4. The molecule has 1 N–H and O–H groups in total. The van der Waals surface area contributed by atoms with Gasteiger partial charge in [0.25, 0.3) is 0 Å². The summed E-state index contributed by atoms with van der Waals surface area (Å²) in [5.41, 5.74) is -0.633. The Labute approximate surface area is 274 Å². The molecule has 0 radical (unpaired) electrons. The zero-order valence-corrected chi connectivity index (χ0v) is 31.0. The summed E-state index contributed by atoms with van der Waals surface area (Å²) in [6.45, 7) is 6.89. The van der Waals surface area contributed by atoms with E-state index < -0.39 is 5.72 Å². The molecule has 0 spiro atoms. The Bertz CT molecular complexity index is 520. The van der Waals surface area contributed by atoms with Gasteiger partial charge in [-0.05, 0) is 39.3 Å². The second-order valence-corrected chi connectivity index (χ2v) is 14.8. The summed E-state index contributed by atoms with van der Waals surface area (Å²) in [5.74, 6) is 0.352. The van der Waals surface area contributed by atoms with Crippen LogP contribution in [0.25, 0.3) is 0 Å². The number of hydrogen-bond donors (Lipinski definition) is 1. The van der Waals surface area contributed by atoms with Gasteiger partial charge in [-0.3, -0.25) is 4.90 Å². The quantitative estimate of drug-likeness (QED) is 0.0565. The molecule has 0 aromatic carbocycles. The molecule has 0 aliphatic heterocycles. The molecule has 0 amide bonds. The SMILES string of the molecule is CCCCCCCCCCCCCCCCCCC(C)C(O)(CCCCCCCCCCCCCCCCCC)N(C)C. The van der Waals surface area contributed by atoms with E-state index >= 15 is 0 Å². The van der Waals surface area contributed by atoms with E-state index in [1.165, 1.54) is 199 Å². The standard InChI is InChI=1S/C41H85NO/c1-6-8-10-12-14-16-18-20-22-24-26-28-30-32-34-36-38-40(3)41(43,42(4)5)39-37-35-33-31-29-27-25-23-21-19-17-15-13-11-9-7-2/h40,43H,6-39H2,1-5H3. The van der Waals surface area contributed by atoms with Crippen molar-refractivity contribution in [1.29, 1.82) is 0 Å². The molecule has 0 aliphatic rings. The van der Waals surface area contributed by atoms with Gasteiger partial charge in [0.15, 0.2) is 0 Å². The van der Waals surface area contributed by atoms with Crippen molar-refractivity contribution in [2.75, 3.05) is 14.1 Å². The van der Waals surface area contributed by atoms with Crippen molar-refractivity contribution >= 4 is 0 Å². The van der Waals surface area contributed by atoms with Gasteiger partial charge in [-0.2, -0.15) is 0 Å². The maximum absolute atomic E-state index is 11.5. The van der Waals surface area contributed by atoms with Crippen LogP contribution >= 0.6 is 0 Å². The summed E-state index contributed by atoms with van der Waals surface area (Å²) in [7, 11) is 4.16. The molecule has 0 saturated carbocycles. The molecule has 2 nitrogen and oxygen atoms in total. The monoisotopic (exact) mass is 608 g/mol. The Morgan fingerprint density at radius 1 is 0.395 bits per heavy atom. The number of unbranched alkanes of at least 4 members (excludes halogenated alkanes) is 30. The van der Waals surface area contributed by atoms with E-state index in [1.807, 2.05) is 0 Å². The minimum atomic E-state index is -0.633. The molecular weight excluding hydrogens is 522 g/mol. The first kappa shape index (κ1) is 42.9. The third-order valence-corrected chi connectivity index (χ3v) is 10.5. The zero-order valence-electron chi connectivity index (χ0n) is 31.0. The van der Waals surface area contributed by atoms with Crippen molar-refractivity contribution < 1.29 is 5.11 Å². The first-order valence-corrected chi connectivity index (χ1v) is 20.4. The second-order valence-electron chi connectivity index (χ2n) is 14.8. The Hall–Kier alpha value is -0.0800. The third-order valence-electron chi connectivity index (χ3n) is 10.5. The minimum absolute atomic E-state index is 0.352. The van der Waals surface area contributed by atoms with E-state index in [0.29, 0.717) is 5.92 Å². The number of rotatable bonds is 36. The van der Waals surface area contributed by atoms with Crippen LogP contribution in [0.5, 0.6) is 0 Å². The second kappa shape index (κ2) is 33.3. The van der Waals surface area contributed by atoms with Gasteiger partial charge >= 0.3 is 0 Å². The molecule has 0 saturated heterocycles. The third kappa shape index (κ3) is 27.9. The summed E-state index contributed by atoms with van der Waals surface area (Å²) in [6.07, 6.45) is 47.2. The van der Waals surface area contributed by atoms with Crippen LogP contribution in [0, 0.1) is 5.92 Å². The van der Waals surface area contributed by atoms with Crippen LogP contribution in [-0.4, -0.2) is 29.8 Å². The highest BCUT2D eigenvalue weighted by Gasteiger charge is 2.34. The van der Waals surface area contributed by atoms with Crippen molar-refractivity contribution in [3.8, 4) is 0 Å². The highest BCUT2D eigenvalue weighted by molar-refractivity contribution is 4.81. The van der Waals surface area contributed by atoms with E-state index in [-0.39, 0.29) is 0 Å². The molecule has 43 heavy (non-hydrogen) atoms. The first-order chi connectivity index (χ1) is 21.0. The van der Waals surface area contributed by atoms with Gasteiger partial charge in [-0.15, -0.1) is 0 Å². The fourth-order valence-electron chi connectivity index (χ4n) is 7.07. The number of nitrogens with zero attached hydrogens (tertiary/aromatic N) is 1. The molecule has 0 heterocycles. The average molecular weight is 608 g/mol. The smallest absolute Gasteiger partial charge is 0.120 e. The predicted octanol–water partition coefficient (Wildman–Crippen LogP) is 14.2. The van der Waals surface area contributed by atoms with E-state index in [2.05, 4.69) is 39.8 Å². The summed E-state index contributed by atoms with van der Waals surface area (Å²) in [4.78, 5) is 2.11. The van der Waals surface area contributed by atoms with Gasteiger partial charge in [0.2, 0.25) is 0 Å². The van der Waals surface area contributed by atoms with Crippen molar-refractivity contribution in [3.63, 3.8) is 0 Å². The van der Waals surface area contributed by atoms with E-state index in [9.17, 15) is 5.11 Å². The number of aliphatic hydroxyl groups is 1. The fraction of sp³-hybridized carbons (Fsp3) is 1.00. The van der Waals surface area contributed by atoms with Crippen molar-refractivity contribution in [2.45, 2.75) is 245 Å². The molecule has 0 bridgehead atoms. The predicted molar refractivity (Wildman–Crippen MR) is 196 cm³/mol. The van der Waals surface area contributed by atoms with Gasteiger partial charge in [-0.25, -0.2) is 0 Å². The molecular formula is C41H85NO. The fourth-order valence-corrected chi connectivity index (χ4v) is 7.07. The van der Waals surface area contributed by atoms with Crippen molar-refractivity contribution in [3.05, 3.63) is 0 Å². The zero-order chi connectivity index (χ0) is 31.7. The molecule has 0 aromatic heterocycles. The average Bonchev–Trinajstić information content (AvgIpc) is 3.00. The summed E-state index contributed by atoms with van der Waals surface area (Å²) < 4.78 is 0. The number of hydrogen-bond acceptors (Lipinski definition) is 2. The minimum Gasteiger partial charge on any atom is -0.375 e. The lowest BCUT2D eigenvalue weighted by atomic mass is 9.86. The van der Waals surface area contributed by atoms with Gasteiger partial charge in [0.05, 0.1) is 0 Å². The molecule has 0 fully saturated rings. The summed E-state index contributed by atoms with van der Waals surface area (Å²) in [5, 5.41) is 11.5. The van der Waals surface area contributed by atoms with Crippen LogP contribution in [0.4, 0.5) is 0 Å². The van der Waals surface area contributed by atoms with Gasteiger partial charge in [0.1, 0.15) is 5.72 Å². The van der Waals surface area contributed by atoms with Gasteiger partial charge in [0, 0.05) is 0 Å². The highest BCUT2D eigenvalue weighted by Crippen LogP contribution is 2.31. The lowest BCUT2D eigenvalue weighted by Gasteiger charge is -2.40. The largest absolute Gasteiger partial charge is 0.375 e. The Morgan fingerprint density at radius 3 is 0.884 bits per heavy atom. The molecule has 2 atom stereocenters. The molecule has 2 unspecified atom stereocenters. The van der Waals surface area contributed by atoms with Crippen LogP contribution in [0.1, 0.15) is 239 Å². The lowest BCUT2D eigenvalue weighted by molar-refractivity contribution is -0.132. The summed E-state index contributed by atoms with van der Waals surface area (Å²) in [6, 6.07) is 0. The van der Waals surface area contributed by atoms with Crippen LogP contribution in [0.3, 0.4) is 0 Å². The van der Waals surface area contributed by atoms with Gasteiger partial charge in [-0.1, -0.05) is 220 Å².